The molecule has 0 aliphatic rings. The lowest BCUT2D eigenvalue weighted by molar-refractivity contribution is -0.138. The van der Waals surface area contributed by atoms with E-state index >= 15 is 0 Å². The van der Waals surface area contributed by atoms with Crippen LogP contribution in [0, 0.1) is 0 Å². The molecule has 0 radical (unpaired) electrons. The van der Waals surface area contributed by atoms with Gasteiger partial charge in [-0.3, -0.25) is 4.79 Å². The van der Waals surface area contributed by atoms with Crippen molar-refractivity contribution in [1.29, 1.82) is 0 Å². The van der Waals surface area contributed by atoms with Crippen LogP contribution in [0.15, 0.2) is 36.4 Å². The molecule has 8 heteroatoms. The van der Waals surface area contributed by atoms with Crippen LogP contribution in [0.1, 0.15) is 17.2 Å². The topological polar surface area (TPSA) is 93.3 Å². The van der Waals surface area contributed by atoms with Gasteiger partial charge in [0.2, 0.25) is 0 Å². The Hall–Kier alpha value is -2.54. The van der Waals surface area contributed by atoms with Gasteiger partial charge in [-0.1, -0.05) is 23.7 Å². The number of tetrazole rings is 1. The first-order valence-electron chi connectivity index (χ1n) is 6.16. The van der Waals surface area contributed by atoms with Gasteiger partial charge in [0.15, 0.2) is 5.65 Å². The summed E-state index contributed by atoms with van der Waals surface area (Å²) in [5, 5.41) is 25.0. The lowest BCUT2D eigenvalue weighted by Crippen LogP contribution is -2.17. The van der Waals surface area contributed by atoms with Gasteiger partial charge in [-0.05, 0) is 46.7 Å². The Balaban J connectivity index is 1.95. The molecule has 2 aromatic heterocycles. The smallest absolute Gasteiger partial charge is 0.313 e. The van der Waals surface area contributed by atoms with Crippen LogP contribution in [-0.2, 0) is 11.2 Å². The van der Waals surface area contributed by atoms with Crippen molar-refractivity contribution in [2.75, 3.05) is 0 Å². The number of benzene rings is 1. The molecule has 1 unspecified atom stereocenters. The third kappa shape index (κ3) is 2.82. The van der Waals surface area contributed by atoms with Crippen molar-refractivity contribution in [3.05, 3.63) is 52.7 Å². The molecule has 2 heterocycles. The van der Waals surface area contributed by atoms with E-state index in [-0.39, 0.29) is 6.42 Å². The number of carboxylic acids is 1. The third-order valence-electron chi connectivity index (χ3n) is 3.07. The molecule has 0 amide bonds. The molecule has 106 valence electrons. The molecule has 3 aromatic rings. The molecular formula is C13H10ClN5O2. The largest absolute Gasteiger partial charge is 0.481 e. The van der Waals surface area contributed by atoms with E-state index in [1.807, 2.05) is 6.07 Å². The number of halogens is 1. The standard InChI is InChI=1S/C13H10ClN5O2/c14-9-3-1-2-8(6-9)7-10(13(20)21)11-4-5-12-15-17-18-19(12)16-11/h1-6,10H,7H2,(H,20,21). The number of fused-ring (bicyclic) bond motifs is 1. The fraction of sp³-hybridized carbons (Fsp3) is 0.154. The molecule has 7 nitrogen and oxygen atoms in total. The Morgan fingerprint density at radius 2 is 2.19 bits per heavy atom. The molecule has 0 aliphatic heterocycles. The minimum atomic E-state index is -0.963. The van der Waals surface area contributed by atoms with E-state index in [9.17, 15) is 9.90 Å². The van der Waals surface area contributed by atoms with Gasteiger partial charge in [-0.15, -0.1) is 9.73 Å². The van der Waals surface area contributed by atoms with Crippen LogP contribution < -0.4 is 0 Å². The molecule has 1 N–H and O–H groups in total. The molecule has 0 aliphatic carbocycles. The number of carboxylic acid groups (broad SMARTS) is 1. The first-order chi connectivity index (χ1) is 10.1. The number of hydrogen-bond donors (Lipinski definition) is 1. The zero-order valence-corrected chi connectivity index (χ0v) is 11.5. The van der Waals surface area contributed by atoms with Crippen LogP contribution in [0.25, 0.3) is 5.65 Å². The second-order valence-electron chi connectivity index (χ2n) is 4.51. The lowest BCUT2D eigenvalue weighted by atomic mass is 9.96. The summed E-state index contributed by atoms with van der Waals surface area (Å²) in [7, 11) is 0. The fourth-order valence-electron chi connectivity index (χ4n) is 2.07. The van der Waals surface area contributed by atoms with Crippen LogP contribution >= 0.6 is 11.6 Å². The van der Waals surface area contributed by atoms with Crippen molar-refractivity contribution < 1.29 is 9.90 Å². The number of rotatable bonds is 4. The quantitative estimate of drug-likeness (QED) is 0.786. The average molecular weight is 304 g/mol. The molecule has 1 aromatic carbocycles. The molecule has 0 saturated carbocycles. The van der Waals surface area contributed by atoms with Gasteiger partial charge < -0.3 is 5.11 Å². The average Bonchev–Trinajstić information content (AvgIpc) is 2.92. The van der Waals surface area contributed by atoms with Gasteiger partial charge in [-0.25, -0.2) is 0 Å². The number of aliphatic carboxylic acids is 1. The fourth-order valence-corrected chi connectivity index (χ4v) is 2.28. The van der Waals surface area contributed by atoms with Gasteiger partial charge in [0, 0.05) is 5.02 Å². The van der Waals surface area contributed by atoms with Crippen molar-refractivity contribution >= 4 is 23.2 Å². The van der Waals surface area contributed by atoms with Crippen LogP contribution in [0.3, 0.4) is 0 Å². The summed E-state index contributed by atoms with van der Waals surface area (Å²) >= 11 is 5.92. The highest BCUT2D eigenvalue weighted by Gasteiger charge is 2.23. The first kappa shape index (κ1) is 13.4. The van der Waals surface area contributed by atoms with Crippen molar-refractivity contribution in [2.45, 2.75) is 12.3 Å². The maximum absolute atomic E-state index is 11.5. The van der Waals surface area contributed by atoms with Crippen molar-refractivity contribution in [3.63, 3.8) is 0 Å². The monoisotopic (exact) mass is 303 g/mol. The highest BCUT2D eigenvalue weighted by atomic mass is 35.5. The van der Waals surface area contributed by atoms with E-state index in [1.165, 1.54) is 4.63 Å². The van der Waals surface area contributed by atoms with Crippen LogP contribution in [0.2, 0.25) is 5.02 Å². The van der Waals surface area contributed by atoms with Crippen LogP contribution in [0.5, 0.6) is 0 Å². The molecule has 0 saturated heterocycles. The SMILES string of the molecule is O=C(O)C(Cc1cccc(Cl)c1)c1ccc2nnnn2n1. The molecular weight excluding hydrogens is 294 g/mol. The molecule has 0 bridgehead atoms. The number of nitrogens with zero attached hydrogens (tertiary/aromatic N) is 5. The number of hydrogen-bond acceptors (Lipinski definition) is 5. The molecule has 0 fully saturated rings. The summed E-state index contributed by atoms with van der Waals surface area (Å²) < 4.78 is 1.21. The number of aromatic nitrogens is 5. The first-order valence-corrected chi connectivity index (χ1v) is 6.54. The van der Waals surface area contributed by atoms with E-state index in [1.54, 1.807) is 30.3 Å². The summed E-state index contributed by atoms with van der Waals surface area (Å²) in [6.07, 6.45) is 0.288. The highest BCUT2D eigenvalue weighted by Crippen LogP contribution is 2.21. The Kier molecular flexibility index (Phi) is 3.49. The van der Waals surface area contributed by atoms with Gasteiger partial charge in [0.1, 0.15) is 5.92 Å². The normalized spacial score (nSPS) is 12.4. The van der Waals surface area contributed by atoms with E-state index in [0.29, 0.717) is 16.4 Å². The predicted octanol–water partition coefficient (Wildman–Crippen LogP) is 1.58. The summed E-state index contributed by atoms with van der Waals surface area (Å²) in [6.45, 7) is 0. The van der Waals surface area contributed by atoms with Crippen LogP contribution in [-0.4, -0.2) is 36.3 Å². The Labute approximate surface area is 124 Å². The van der Waals surface area contributed by atoms with Crippen molar-refractivity contribution in [3.8, 4) is 0 Å². The second kappa shape index (κ2) is 5.45. The van der Waals surface area contributed by atoms with Crippen molar-refractivity contribution in [2.24, 2.45) is 0 Å². The van der Waals surface area contributed by atoms with Crippen molar-refractivity contribution in [1.82, 2.24) is 25.3 Å². The molecule has 1 atom stereocenters. The number of carbonyl (C=O) groups is 1. The Morgan fingerprint density at radius 1 is 1.33 bits per heavy atom. The van der Waals surface area contributed by atoms with E-state index in [0.717, 1.165) is 5.56 Å². The summed E-state index contributed by atoms with van der Waals surface area (Å²) in [5.74, 6) is -1.76. The maximum atomic E-state index is 11.5. The van der Waals surface area contributed by atoms with E-state index in [4.69, 9.17) is 11.6 Å². The Bertz CT molecular complexity index is 804. The van der Waals surface area contributed by atoms with Gasteiger partial charge in [-0.2, -0.15) is 5.10 Å². The van der Waals surface area contributed by atoms with E-state index < -0.39 is 11.9 Å². The lowest BCUT2D eigenvalue weighted by Gasteiger charge is -2.11. The Morgan fingerprint density at radius 3 is 2.95 bits per heavy atom. The molecule has 21 heavy (non-hydrogen) atoms. The maximum Gasteiger partial charge on any atom is 0.313 e. The highest BCUT2D eigenvalue weighted by molar-refractivity contribution is 6.30. The van der Waals surface area contributed by atoms with E-state index in [2.05, 4.69) is 20.6 Å². The van der Waals surface area contributed by atoms with Crippen LogP contribution in [0.4, 0.5) is 0 Å². The minimum absolute atomic E-state index is 0.288. The van der Waals surface area contributed by atoms with Gasteiger partial charge >= 0.3 is 5.97 Å². The molecule has 3 rings (SSSR count). The second-order valence-corrected chi connectivity index (χ2v) is 4.95. The summed E-state index contributed by atoms with van der Waals surface area (Å²) in [5.41, 5.74) is 1.68. The summed E-state index contributed by atoms with van der Waals surface area (Å²) in [6, 6.07) is 10.4. The van der Waals surface area contributed by atoms with Gasteiger partial charge in [0.05, 0.1) is 5.69 Å². The minimum Gasteiger partial charge on any atom is -0.481 e. The summed E-state index contributed by atoms with van der Waals surface area (Å²) in [4.78, 5) is 11.5. The zero-order valence-electron chi connectivity index (χ0n) is 10.7. The predicted molar refractivity (Wildman–Crippen MR) is 74.1 cm³/mol. The van der Waals surface area contributed by atoms with Gasteiger partial charge in [0.25, 0.3) is 0 Å². The molecule has 0 spiro atoms. The third-order valence-corrected chi connectivity index (χ3v) is 3.31. The zero-order chi connectivity index (χ0) is 14.8.